The van der Waals surface area contributed by atoms with E-state index < -0.39 is 0 Å². The molecule has 0 aromatic heterocycles. The van der Waals surface area contributed by atoms with E-state index in [0.717, 1.165) is 4.90 Å². The minimum atomic E-state index is -0.354. The number of hydrogen-bond donors (Lipinski definition) is 2. The fourth-order valence-corrected chi connectivity index (χ4v) is 4.00. The quantitative estimate of drug-likeness (QED) is 0.503. The van der Waals surface area contributed by atoms with Crippen molar-refractivity contribution >= 4 is 35.0 Å². The lowest BCUT2D eigenvalue weighted by Crippen LogP contribution is -2.22. The molecule has 0 saturated carbocycles. The summed E-state index contributed by atoms with van der Waals surface area (Å²) < 4.78 is 15.8. The molecule has 7 nitrogen and oxygen atoms in total. The fraction of sp³-hybridized carbons (Fsp3) is 0.167. The molecule has 1 heterocycles. The monoisotopic (exact) mass is 450 g/mol. The van der Waals surface area contributed by atoms with E-state index >= 15 is 0 Å². The van der Waals surface area contributed by atoms with Crippen molar-refractivity contribution in [3.8, 4) is 17.2 Å². The number of thioether (sulfide) groups is 1. The first-order valence-electron chi connectivity index (χ1n) is 9.94. The van der Waals surface area contributed by atoms with Crippen molar-refractivity contribution in [2.75, 3.05) is 24.5 Å². The molecule has 1 aliphatic rings. The Balaban J connectivity index is 1.36. The summed E-state index contributed by atoms with van der Waals surface area (Å²) in [7, 11) is 1.58. The van der Waals surface area contributed by atoms with Crippen molar-refractivity contribution in [3.05, 3.63) is 72.3 Å². The Hall–Kier alpha value is -3.65. The number of fused-ring (bicyclic) bond motifs is 1. The molecule has 0 bridgehead atoms. The topological polar surface area (TPSA) is 85.9 Å². The second kappa shape index (κ2) is 9.65. The molecule has 1 unspecified atom stereocenters. The second-order valence-corrected chi connectivity index (χ2v) is 8.44. The first-order valence-corrected chi connectivity index (χ1v) is 10.8. The number of benzene rings is 3. The summed E-state index contributed by atoms with van der Waals surface area (Å²) in [4.78, 5) is 26.0. The summed E-state index contributed by atoms with van der Waals surface area (Å²) in [5.74, 6) is 1.61. The molecule has 0 saturated heterocycles. The van der Waals surface area contributed by atoms with Gasteiger partial charge in [0, 0.05) is 27.9 Å². The van der Waals surface area contributed by atoms with Gasteiger partial charge in [0.2, 0.25) is 12.7 Å². The predicted molar refractivity (Wildman–Crippen MR) is 124 cm³/mol. The van der Waals surface area contributed by atoms with Gasteiger partial charge in [-0.3, -0.25) is 9.59 Å². The number of anilines is 2. The molecule has 2 amide bonds. The standard InChI is InChI=1S/C24H22N2O5S/c1-15(23(27)25-18-8-11-21-22(13-18)31-14-30-21)32-20-5-3-4-17(12-20)26-24(28)16-6-9-19(29-2)10-7-16/h3-13,15H,14H2,1-2H3,(H,25,27)(H,26,28). The molecule has 164 valence electrons. The summed E-state index contributed by atoms with van der Waals surface area (Å²) >= 11 is 1.40. The fourth-order valence-electron chi connectivity index (χ4n) is 3.07. The molecule has 1 atom stereocenters. The van der Waals surface area contributed by atoms with Gasteiger partial charge in [0.1, 0.15) is 5.75 Å². The number of hydrogen-bond acceptors (Lipinski definition) is 6. The van der Waals surface area contributed by atoms with E-state index in [1.165, 1.54) is 11.8 Å². The first kappa shape index (κ1) is 21.6. The Morgan fingerprint density at radius 1 is 0.938 bits per heavy atom. The van der Waals surface area contributed by atoms with Crippen molar-refractivity contribution in [2.45, 2.75) is 17.1 Å². The normalized spacial score (nSPS) is 12.7. The van der Waals surface area contributed by atoms with E-state index in [1.54, 1.807) is 49.6 Å². The average Bonchev–Trinajstić information content (AvgIpc) is 3.27. The number of rotatable bonds is 7. The van der Waals surface area contributed by atoms with Crippen molar-refractivity contribution in [3.63, 3.8) is 0 Å². The highest BCUT2D eigenvalue weighted by molar-refractivity contribution is 8.00. The van der Waals surface area contributed by atoms with Gasteiger partial charge in [-0.1, -0.05) is 6.07 Å². The molecule has 1 aliphatic heterocycles. The zero-order chi connectivity index (χ0) is 22.5. The minimum Gasteiger partial charge on any atom is -0.497 e. The second-order valence-electron chi connectivity index (χ2n) is 7.03. The van der Waals surface area contributed by atoms with Crippen LogP contribution >= 0.6 is 11.8 Å². The van der Waals surface area contributed by atoms with Crippen molar-refractivity contribution in [2.24, 2.45) is 0 Å². The van der Waals surface area contributed by atoms with Gasteiger partial charge < -0.3 is 24.8 Å². The van der Waals surface area contributed by atoms with E-state index in [9.17, 15) is 9.59 Å². The van der Waals surface area contributed by atoms with Crippen LogP contribution in [-0.2, 0) is 4.79 Å². The summed E-state index contributed by atoms with van der Waals surface area (Å²) in [5, 5.41) is 5.42. The third-order valence-corrected chi connectivity index (χ3v) is 5.86. The molecule has 0 aliphatic carbocycles. The summed E-state index contributed by atoms with van der Waals surface area (Å²) in [6.07, 6.45) is 0. The Morgan fingerprint density at radius 2 is 1.69 bits per heavy atom. The minimum absolute atomic E-state index is 0.137. The van der Waals surface area contributed by atoms with Gasteiger partial charge in [0.05, 0.1) is 12.4 Å². The van der Waals surface area contributed by atoms with Gasteiger partial charge in [0.25, 0.3) is 5.91 Å². The summed E-state index contributed by atoms with van der Waals surface area (Å²) in [6, 6.07) is 19.6. The lowest BCUT2D eigenvalue weighted by molar-refractivity contribution is -0.115. The predicted octanol–water partition coefficient (Wildman–Crippen LogP) is 4.80. The van der Waals surface area contributed by atoms with E-state index in [2.05, 4.69) is 10.6 Å². The van der Waals surface area contributed by atoms with Gasteiger partial charge in [-0.15, -0.1) is 11.8 Å². The maximum atomic E-state index is 12.6. The largest absolute Gasteiger partial charge is 0.497 e. The molecule has 3 aromatic carbocycles. The highest BCUT2D eigenvalue weighted by Gasteiger charge is 2.18. The van der Waals surface area contributed by atoms with Crippen LogP contribution < -0.4 is 24.8 Å². The number of carbonyl (C=O) groups excluding carboxylic acids is 2. The van der Waals surface area contributed by atoms with Gasteiger partial charge in [-0.2, -0.15) is 0 Å². The van der Waals surface area contributed by atoms with Crippen LogP contribution in [0.15, 0.2) is 71.6 Å². The zero-order valence-electron chi connectivity index (χ0n) is 17.6. The average molecular weight is 451 g/mol. The van der Waals surface area contributed by atoms with Crippen molar-refractivity contribution in [1.29, 1.82) is 0 Å². The van der Waals surface area contributed by atoms with E-state index in [-0.39, 0.29) is 23.9 Å². The lowest BCUT2D eigenvalue weighted by Gasteiger charge is -2.13. The Morgan fingerprint density at radius 3 is 2.47 bits per heavy atom. The number of carbonyl (C=O) groups is 2. The molecule has 3 aromatic rings. The molecule has 32 heavy (non-hydrogen) atoms. The number of methoxy groups -OCH3 is 1. The molecular formula is C24H22N2O5S. The smallest absolute Gasteiger partial charge is 0.255 e. The van der Waals surface area contributed by atoms with E-state index in [4.69, 9.17) is 14.2 Å². The first-order chi connectivity index (χ1) is 15.5. The zero-order valence-corrected chi connectivity index (χ0v) is 18.4. The van der Waals surface area contributed by atoms with Crippen LogP contribution in [0.25, 0.3) is 0 Å². The van der Waals surface area contributed by atoms with E-state index in [1.807, 2.05) is 31.2 Å². The lowest BCUT2D eigenvalue weighted by atomic mass is 10.2. The molecule has 0 fully saturated rings. The summed E-state index contributed by atoms with van der Waals surface area (Å²) in [5.41, 5.74) is 1.83. The van der Waals surface area contributed by atoms with Gasteiger partial charge in [-0.25, -0.2) is 0 Å². The molecule has 4 rings (SSSR count). The van der Waals surface area contributed by atoms with Crippen LogP contribution in [0.2, 0.25) is 0 Å². The Labute approximate surface area is 190 Å². The van der Waals surface area contributed by atoms with Crippen LogP contribution in [0.4, 0.5) is 11.4 Å². The van der Waals surface area contributed by atoms with Gasteiger partial charge >= 0.3 is 0 Å². The number of amides is 2. The third kappa shape index (κ3) is 5.15. The van der Waals surface area contributed by atoms with Crippen LogP contribution in [0.1, 0.15) is 17.3 Å². The highest BCUT2D eigenvalue weighted by atomic mass is 32.2. The molecule has 0 spiro atoms. The molecular weight excluding hydrogens is 428 g/mol. The van der Waals surface area contributed by atoms with E-state index in [0.29, 0.717) is 34.2 Å². The number of ether oxygens (including phenoxy) is 3. The number of nitrogens with one attached hydrogen (secondary N) is 2. The molecule has 0 radical (unpaired) electrons. The molecule has 8 heteroatoms. The van der Waals surface area contributed by atoms with Crippen LogP contribution in [0.5, 0.6) is 17.2 Å². The van der Waals surface area contributed by atoms with Gasteiger partial charge in [-0.05, 0) is 61.5 Å². The SMILES string of the molecule is COc1ccc(C(=O)Nc2cccc(SC(C)C(=O)Nc3ccc4c(c3)OCO4)c2)cc1. The maximum absolute atomic E-state index is 12.6. The van der Waals surface area contributed by atoms with Crippen LogP contribution in [-0.4, -0.2) is 31.0 Å². The summed E-state index contributed by atoms with van der Waals surface area (Å²) in [6.45, 7) is 2.01. The third-order valence-electron chi connectivity index (χ3n) is 4.77. The highest BCUT2D eigenvalue weighted by Crippen LogP contribution is 2.34. The van der Waals surface area contributed by atoms with Crippen LogP contribution in [0, 0.1) is 0 Å². The van der Waals surface area contributed by atoms with Gasteiger partial charge in [0.15, 0.2) is 11.5 Å². The van der Waals surface area contributed by atoms with Crippen molar-refractivity contribution in [1.82, 2.24) is 0 Å². The maximum Gasteiger partial charge on any atom is 0.255 e. The van der Waals surface area contributed by atoms with Crippen molar-refractivity contribution < 1.29 is 23.8 Å². The Bertz CT molecular complexity index is 1130. The Kier molecular flexibility index (Phi) is 6.51. The van der Waals surface area contributed by atoms with Crippen LogP contribution in [0.3, 0.4) is 0 Å². The molecule has 2 N–H and O–H groups in total.